The van der Waals surface area contributed by atoms with Gasteiger partial charge in [0.1, 0.15) is 28.0 Å². The zero-order chi connectivity index (χ0) is 23.1. The van der Waals surface area contributed by atoms with Gasteiger partial charge in [0, 0.05) is 36.1 Å². The molecule has 170 valence electrons. The van der Waals surface area contributed by atoms with Gasteiger partial charge in [0.2, 0.25) is 0 Å². The lowest BCUT2D eigenvalue weighted by Gasteiger charge is -2.23. The molecule has 6 nitrogen and oxygen atoms in total. The average molecular weight is 458 g/mol. The van der Waals surface area contributed by atoms with Gasteiger partial charge >= 0.3 is 0 Å². The molecule has 1 amide bonds. The van der Waals surface area contributed by atoms with Crippen LogP contribution in [-0.4, -0.2) is 36.1 Å². The zero-order valence-electron chi connectivity index (χ0n) is 18.7. The fourth-order valence-corrected chi connectivity index (χ4v) is 4.07. The van der Waals surface area contributed by atoms with Crippen LogP contribution in [0.2, 0.25) is 0 Å². The maximum absolute atomic E-state index is 13.4. The standard InChI is InChI=1S/C24H28FN3O3S/c1-16(2)26-24(29)21-15-32-23(27-21)14-28(12-17-5-8-19(25)9-6-17)13-18-7-10-20(30-3)11-22(18)31-4/h5-11,15-16H,12-14H2,1-4H3,(H,26,29). The molecular weight excluding hydrogens is 429 g/mol. The molecule has 1 heterocycles. The van der Waals surface area contributed by atoms with Gasteiger partial charge in [-0.25, -0.2) is 9.37 Å². The van der Waals surface area contributed by atoms with Gasteiger partial charge in [0.05, 0.1) is 20.8 Å². The number of carbonyl (C=O) groups excluding carboxylic acids is 1. The minimum Gasteiger partial charge on any atom is -0.497 e. The van der Waals surface area contributed by atoms with Crippen molar-refractivity contribution in [3.63, 3.8) is 0 Å². The number of halogens is 1. The first kappa shape index (κ1) is 23.7. The van der Waals surface area contributed by atoms with E-state index in [2.05, 4.69) is 15.2 Å². The number of hydrogen-bond donors (Lipinski definition) is 1. The second-order valence-corrected chi connectivity index (χ2v) is 8.65. The molecule has 0 atom stereocenters. The van der Waals surface area contributed by atoms with Gasteiger partial charge in [0.15, 0.2) is 0 Å². The normalized spacial score (nSPS) is 11.1. The molecule has 0 radical (unpaired) electrons. The van der Waals surface area contributed by atoms with E-state index in [4.69, 9.17) is 9.47 Å². The molecule has 0 unspecified atom stereocenters. The molecule has 1 aromatic heterocycles. The summed E-state index contributed by atoms with van der Waals surface area (Å²) in [4.78, 5) is 19.0. The molecule has 8 heteroatoms. The molecule has 0 aliphatic rings. The highest BCUT2D eigenvalue weighted by molar-refractivity contribution is 7.09. The van der Waals surface area contributed by atoms with E-state index in [1.807, 2.05) is 32.0 Å². The van der Waals surface area contributed by atoms with Crippen molar-refractivity contribution in [1.82, 2.24) is 15.2 Å². The molecule has 32 heavy (non-hydrogen) atoms. The predicted octanol–water partition coefficient (Wildman–Crippen LogP) is 4.64. The highest BCUT2D eigenvalue weighted by Gasteiger charge is 2.17. The van der Waals surface area contributed by atoms with Gasteiger partial charge in [-0.05, 0) is 37.6 Å². The topological polar surface area (TPSA) is 63.7 Å². The van der Waals surface area contributed by atoms with Gasteiger partial charge in [-0.1, -0.05) is 18.2 Å². The summed E-state index contributed by atoms with van der Waals surface area (Å²) in [6.45, 7) is 5.53. The van der Waals surface area contributed by atoms with Crippen molar-refractivity contribution in [2.75, 3.05) is 14.2 Å². The van der Waals surface area contributed by atoms with E-state index in [1.54, 1.807) is 31.7 Å². The first-order valence-corrected chi connectivity index (χ1v) is 11.2. The molecule has 1 N–H and O–H groups in total. The number of hydrogen-bond acceptors (Lipinski definition) is 6. The quantitative estimate of drug-likeness (QED) is 0.481. The van der Waals surface area contributed by atoms with Crippen LogP contribution in [0.3, 0.4) is 0 Å². The molecule has 0 aliphatic carbocycles. The highest BCUT2D eigenvalue weighted by atomic mass is 32.1. The molecule has 0 spiro atoms. The van der Waals surface area contributed by atoms with Crippen molar-refractivity contribution in [2.45, 2.75) is 39.5 Å². The predicted molar refractivity (Wildman–Crippen MR) is 124 cm³/mol. The van der Waals surface area contributed by atoms with Gasteiger partial charge in [-0.15, -0.1) is 11.3 Å². The molecule has 3 rings (SSSR count). The third-order valence-electron chi connectivity index (χ3n) is 4.77. The molecule has 3 aromatic rings. The molecule has 2 aromatic carbocycles. The number of methoxy groups -OCH3 is 2. The van der Waals surface area contributed by atoms with E-state index in [0.717, 1.165) is 27.6 Å². The SMILES string of the molecule is COc1ccc(CN(Cc2ccc(F)cc2)Cc2nc(C(=O)NC(C)C)cs2)c(OC)c1. The Balaban J connectivity index is 1.82. The summed E-state index contributed by atoms with van der Waals surface area (Å²) in [5, 5.41) is 5.47. The van der Waals surface area contributed by atoms with Crippen LogP contribution in [0.4, 0.5) is 4.39 Å². The van der Waals surface area contributed by atoms with Crippen LogP contribution in [0.1, 0.15) is 40.5 Å². The Labute approximate surface area is 192 Å². The van der Waals surface area contributed by atoms with Crippen LogP contribution in [0.5, 0.6) is 11.5 Å². The van der Waals surface area contributed by atoms with Gasteiger partial charge in [-0.3, -0.25) is 9.69 Å². The van der Waals surface area contributed by atoms with E-state index in [-0.39, 0.29) is 17.8 Å². The summed E-state index contributed by atoms with van der Waals surface area (Å²) in [5.41, 5.74) is 2.39. The van der Waals surface area contributed by atoms with Crippen molar-refractivity contribution < 1.29 is 18.7 Å². The summed E-state index contributed by atoms with van der Waals surface area (Å²) in [5.74, 6) is 1.00. The fraction of sp³-hybridized carbons (Fsp3) is 0.333. The Bertz CT molecular complexity index is 1040. The minimum absolute atomic E-state index is 0.0464. The average Bonchev–Trinajstić information content (AvgIpc) is 3.24. The molecular formula is C24H28FN3O3S. The zero-order valence-corrected chi connectivity index (χ0v) is 19.5. The van der Waals surface area contributed by atoms with Crippen molar-refractivity contribution in [3.8, 4) is 11.5 Å². The Morgan fingerprint density at radius 1 is 1.09 bits per heavy atom. The third kappa shape index (κ3) is 6.51. The van der Waals surface area contributed by atoms with E-state index in [9.17, 15) is 9.18 Å². The minimum atomic E-state index is -0.266. The van der Waals surface area contributed by atoms with Crippen LogP contribution in [0.15, 0.2) is 47.8 Å². The Kier molecular flexibility index (Phi) is 8.19. The fourth-order valence-electron chi connectivity index (χ4n) is 3.25. The van der Waals surface area contributed by atoms with Gasteiger partial charge in [0.25, 0.3) is 5.91 Å². The first-order valence-electron chi connectivity index (χ1n) is 10.3. The smallest absolute Gasteiger partial charge is 0.270 e. The summed E-state index contributed by atoms with van der Waals surface area (Å²) >= 11 is 1.45. The molecule has 0 fully saturated rings. The molecule has 0 saturated heterocycles. The van der Waals surface area contributed by atoms with E-state index >= 15 is 0 Å². The number of thiazole rings is 1. The highest BCUT2D eigenvalue weighted by Crippen LogP contribution is 2.27. The third-order valence-corrected chi connectivity index (χ3v) is 5.60. The van der Waals surface area contributed by atoms with Gasteiger partial charge in [-0.2, -0.15) is 0 Å². The summed E-state index contributed by atoms with van der Waals surface area (Å²) in [6, 6.07) is 12.2. The second-order valence-electron chi connectivity index (χ2n) is 7.70. The van der Waals surface area contributed by atoms with Crippen LogP contribution in [-0.2, 0) is 19.6 Å². The van der Waals surface area contributed by atoms with E-state index < -0.39 is 0 Å². The number of carbonyl (C=O) groups is 1. The van der Waals surface area contributed by atoms with E-state index in [0.29, 0.717) is 25.3 Å². The van der Waals surface area contributed by atoms with E-state index in [1.165, 1.54) is 23.5 Å². The van der Waals surface area contributed by atoms with Crippen molar-refractivity contribution >= 4 is 17.2 Å². The number of rotatable bonds is 10. The lowest BCUT2D eigenvalue weighted by molar-refractivity contribution is 0.0938. The maximum atomic E-state index is 13.4. The van der Waals surface area contributed by atoms with Crippen molar-refractivity contribution in [2.24, 2.45) is 0 Å². The summed E-state index contributed by atoms with van der Waals surface area (Å²) in [6.07, 6.45) is 0. The molecule has 0 aliphatic heterocycles. The van der Waals surface area contributed by atoms with Gasteiger partial charge < -0.3 is 14.8 Å². The van der Waals surface area contributed by atoms with Crippen LogP contribution in [0, 0.1) is 5.82 Å². The Hall–Kier alpha value is -2.97. The van der Waals surface area contributed by atoms with Crippen LogP contribution in [0.25, 0.3) is 0 Å². The maximum Gasteiger partial charge on any atom is 0.270 e. The summed E-state index contributed by atoms with van der Waals surface area (Å²) in [7, 11) is 3.24. The first-order chi connectivity index (χ1) is 15.4. The number of nitrogens with zero attached hydrogens (tertiary/aromatic N) is 2. The Morgan fingerprint density at radius 3 is 2.50 bits per heavy atom. The lowest BCUT2D eigenvalue weighted by Crippen LogP contribution is -2.30. The van der Waals surface area contributed by atoms with Crippen molar-refractivity contribution in [1.29, 1.82) is 0 Å². The number of ether oxygens (including phenoxy) is 2. The number of amides is 1. The monoisotopic (exact) mass is 457 g/mol. The van der Waals surface area contributed by atoms with Crippen LogP contribution < -0.4 is 14.8 Å². The van der Waals surface area contributed by atoms with Crippen LogP contribution >= 0.6 is 11.3 Å². The Morgan fingerprint density at radius 2 is 1.84 bits per heavy atom. The summed E-state index contributed by atoms with van der Waals surface area (Å²) < 4.78 is 24.2. The molecule has 0 bridgehead atoms. The second kappa shape index (κ2) is 11.1. The number of benzene rings is 2. The largest absolute Gasteiger partial charge is 0.497 e. The number of nitrogens with one attached hydrogen (secondary N) is 1. The number of aromatic nitrogens is 1. The van der Waals surface area contributed by atoms with Crippen molar-refractivity contribution in [3.05, 3.63) is 75.5 Å². The lowest BCUT2D eigenvalue weighted by atomic mass is 10.1. The molecule has 0 saturated carbocycles.